The average Bonchev–Trinajstić information content (AvgIpc) is 2.51. The summed E-state index contributed by atoms with van der Waals surface area (Å²) < 4.78 is 4.74. The number of nitrogens with one attached hydrogen (secondary N) is 3. The number of amides is 3. The SMILES string of the molecule is CNC(=O)NC(=O)CCNC(C(=O)OC)c1ccccc1. The van der Waals surface area contributed by atoms with Crippen molar-refractivity contribution in [1.29, 1.82) is 0 Å². The summed E-state index contributed by atoms with van der Waals surface area (Å²) in [5.41, 5.74) is 0.746. The van der Waals surface area contributed by atoms with Crippen molar-refractivity contribution in [2.75, 3.05) is 20.7 Å². The summed E-state index contributed by atoms with van der Waals surface area (Å²) in [5.74, 6) is -0.869. The number of carbonyl (C=O) groups excluding carboxylic acids is 3. The second-order valence-corrected chi connectivity index (χ2v) is 4.20. The minimum atomic E-state index is -0.649. The number of esters is 1. The molecule has 3 N–H and O–H groups in total. The Morgan fingerprint density at radius 1 is 1.19 bits per heavy atom. The molecule has 1 aromatic carbocycles. The van der Waals surface area contributed by atoms with Crippen LogP contribution in [0.15, 0.2) is 30.3 Å². The van der Waals surface area contributed by atoms with Crippen molar-refractivity contribution in [3.05, 3.63) is 35.9 Å². The van der Waals surface area contributed by atoms with Gasteiger partial charge in [0.15, 0.2) is 0 Å². The zero-order valence-electron chi connectivity index (χ0n) is 12.0. The number of hydrogen-bond donors (Lipinski definition) is 3. The molecule has 7 heteroatoms. The topological polar surface area (TPSA) is 96.5 Å². The highest BCUT2D eigenvalue weighted by atomic mass is 16.5. The molecule has 0 spiro atoms. The van der Waals surface area contributed by atoms with E-state index in [1.807, 2.05) is 18.2 Å². The number of methoxy groups -OCH3 is 1. The third kappa shape index (κ3) is 5.62. The molecule has 0 aromatic heterocycles. The van der Waals surface area contributed by atoms with Crippen LogP contribution in [-0.4, -0.2) is 38.6 Å². The molecule has 1 rings (SSSR count). The molecular weight excluding hydrogens is 274 g/mol. The van der Waals surface area contributed by atoms with Gasteiger partial charge in [0.2, 0.25) is 5.91 Å². The lowest BCUT2D eigenvalue weighted by Gasteiger charge is -2.16. The predicted molar refractivity (Wildman–Crippen MR) is 76.4 cm³/mol. The van der Waals surface area contributed by atoms with Gasteiger partial charge in [0.25, 0.3) is 0 Å². The second kappa shape index (κ2) is 8.70. The van der Waals surface area contributed by atoms with Crippen LogP contribution in [0.1, 0.15) is 18.0 Å². The van der Waals surface area contributed by atoms with Crippen LogP contribution in [-0.2, 0) is 14.3 Å². The summed E-state index contributed by atoms with van der Waals surface area (Å²) in [5, 5.41) is 7.37. The van der Waals surface area contributed by atoms with Gasteiger partial charge in [-0.05, 0) is 5.56 Å². The largest absolute Gasteiger partial charge is 0.468 e. The van der Waals surface area contributed by atoms with E-state index in [1.54, 1.807) is 12.1 Å². The Morgan fingerprint density at radius 3 is 2.43 bits per heavy atom. The molecule has 114 valence electrons. The van der Waals surface area contributed by atoms with E-state index in [0.717, 1.165) is 5.56 Å². The van der Waals surface area contributed by atoms with E-state index >= 15 is 0 Å². The lowest BCUT2D eigenvalue weighted by molar-refractivity contribution is -0.143. The van der Waals surface area contributed by atoms with Crippen molar-refractivity contribution >= 4 is 17.9 Å². The van der Waals surface area contributed by atoms with Crippen molar-refractivity contribution < 1.29 is 19.1 Å². The van der Waals surface area contributed by atoms with Crippen LogP contribution in [0.2, 0.25) is 0 Å². The molecule has 1 unspecified atom stereocenters. The Balaban J connectivity index is 2.54. The first-order valence-electron chi connectivity index (χ1n) is 6.46. The minimum Gasteiger partial charge on any atom is -0.468 e. The maximum atomic E-state index is 11.8. The van der Waals surface area contributed by atoms with Crippen molar-refractivity contribution in [2.45, 2.75) is 12.5 Å². The number of urea groups is 1. The lowest BCUT2D eigenvalue weighted by atomic mass is 10.1. The molecule has 7 nitrogen and oxygen atoms in total. The molecule has 3 amide bonds. The number of rotatable bonds is 6. The van der Waals surface area contributed by atoms with E-state index in [4.69, 9.17) is 4.74 Å². The summed E-state index contributed by atoms with van der Waals surface area (Å²) in [6, 6.07) is 7.83. The van der Waals surface area contributed by atoms with Gasteiger partial charge in [-0.3, -0.25) is 10.1 Å². The van der Waals surface area contributed by atoms with Crippen molar-refractivity contribution in [1.82, 2.24) is 16.0 Å². The van der Waals surface area contributed by atoms with Crippen LogP contribution < -0.4 is 16.0 Å². The van der Waals surface area contributed by atoms with Crippen LogP contribution in [0.4, 0.5) is 4.79 Å². The summed E-state index contributed by atoms with van der Waals surface area (Å²) in [4.78, 5) is 34.2. The average molecular weight is 293 g/mol. The van der Waals surface area contributed by atoms with E-state index in [9.17, 15) is 14.4 Å². The Morgan fingerprint density at radius 2 is 1.86 bits per heavy atom. The van der Waals surface area contributed by atoms with E-state index in [0.29, 0.717) is 0 Å². The predicted octanol–water partition coefficient (Wildman–Crippen LogP) is 0.336. The molecule has 0 aliphatic carbocycles. The van der Waals surface area contributed by atoms with Crippen LogP contribution in [0.25, 0.3) is 0 Å². The highest BCUT2D eigenvalue weighted by Gasteiger charge is 2.20. The number of benzene rings is 1. The molecule has 1 atom stereocenters. The van der Waals surface area contributed by atoms with Gasteiger partial charge in [0.1, 0.15) is 6.04 Å². The van der Waals surface area contributed by atoms with Crippen LogP contribution in [0.5, 0.6) is 0 Å². The Labute approximate surface area is 123 Å². The van der Waals surface area contributed by atoms with E-state index < -0.39 is 23.9 Å². The zero-order valence-corrected chi connectivity index (χ0v) is 12.0. The molecule has 21 heavy (non-hydrogen) atoms. The minimum absolute atomic E-state index is 0.0632. The van der Waals surface area contributed by atoms with E-state index in [-0.39, 0.29) is 13.0 Å². The number of carbonyl (C=O) groups is 3. The van der Waals surface area contributed by atoms with Crippen LogP contribution >= 0.6 is 0 Å². The molecular formula is C14H19N3O4. The van der Waals surface area contributed by atoms with Crippen molar-refractivity contribution in [3.63, 3.8) is 0 Å². The first-order valence-corrected chi connectivity index (χ1v) is 6.46. The molecule has 0 heterocycles. The van der Waals surface area contributed by atoms with Gasteiger partial charge in [-0.1, -0.05) is 30.3 Å². The highest BCUT2D eigenvalue weighted by Crippen LogP contribution is 2.13. The summed E-state index contributed by atoms with van der Waals surface area (Å²) in [7, 11) is 2.72. The smallest absolute Gasteiger partial charge is 0.327 e. The van der Waals surface area contributed by atoms with Crippen LogP contribution in [0.3, 0.4) is 0 Å². The number of imide groups is 1. The van der Waals surface area contributed by atoms with Gasteiger partial charge in [-0.25, -0.2) is 9.59 Å². The quantitative estimate of drug-likeness (QED) is 0.657. The van der Waals surface area contributed by atoms with Gasteiger partial charge in [-0.2, -0.15) is 0 Å². The van der Waals surface area contributed by atoms with Crippen molar-refractivity contribution in [2.24, 2.45) is 0 Å². The van der Waals surface area contributed by atoms with Gasteiger partial charge >= 0.3 is 12.0 Å². The Bertz CT molecular complexity index is 490. The maximum absolute atomic E-state index is 11.8. The van der Waals surface area contributed by atoms with Gasteiger partial charge in [0, 0.05) is 20.0 Å². The molecule has 0 fully saturated rings. The fraction of sp³-hybridized carbons (Fsp3) is 0.357. The summed E-state index contributed by atoms with van der Waals surface area (Å²) in [6.07, 6.45) is 0.0632. The number of hydrogen-bond acceptors (Lipinski definition) is 5. The first-order chi connectivity index (χ1) is 10.1. The maximum Gasteiger partial charge on any atom is 0.327 e. The van der Waals surface area contributed by atoms with E-state index in [2.05, 4.69) is 16.0 Å². The van der Waals surface area contributed by atoms with E-state index in [1.165, 1.54) is 14.2 Å². The standard InChI is InChI=1S/C14H19N3O4/c1-15-14(20)17-11(18)8-9-16-12(13(19)21-2)10-6-4-3-5-7-10/h3-7,12,16H,8-9H2,1-2H3,(H2,15,17,18,20). The molecule has 0 bridgehead atoms. The molecule has 0 saturated carbocycles. The second-order valence-electron chi connectivity index (χ2n) is 4.20. The Kier molecular flexibility index (Phi) is 6.90. The Hall–Kier alpha value is -2.41. The van der Waals surface area contributed by atoms with Gasteiger partial charge in [0.05, 0.1) is 7.11 Å². The fourth-order valence-corrected chi connectivity index (χ4v) is 1.68. The van der Waals surface area contributed by atoms with Gasteiger partial charge in [-0.15, -0.1) is 0 Å². The molecule has 0 aliphatic rings. The monoisotopic (exact) mass is 293 g/mol. The molecule has 0 saturated heterocycles. The summed E-state index contributed by atoms with van der Waals surface area (Å²) >= 11 is 0. The lowest BCUT2D eigenvalue weighted by Crippen LogP contribution is -2.39. The highest BCUT2D eigenvalue weighted by molar-refractivity contribution is 5.94. The third-order valence-corrected chi connectivity index (χ3v) is 2.75. The first kappa shape index (κ1) is 16.6. The van der Waals surface area contributed by atoms with Gasteiger partial charge < -0.3 is 15.4 Å². The fourth-order valence-electron chi connectivity index (χ4n) is 1.68. The molecule has 1 aromatic rings. The van der Waals surface area contributed by atoms with Crippen LogP contribution in [0, 0.1) is 0 Å². The summed E-state index contributed by atoms with van der Waals surface area (Å²) in [6.45, 7) is 0.234. The number of ether oxygens (including phenoxy) is 1. The molecule has 0 radical (unpaired) electrons. The normalized spacial score (nSPS) is 11.3. The van der Waals surface area contributed by atoms with Crippen molar-refractivity contribution in [3.8, 4) is 0 Å². The molecule has 0 aliphatic heterocycles. The third-order valence-electron chi connectivity index (χ3n) is 2.75. The zero-order chi connectivity index (χ0) is 15.7.